The van der Waals surface area contributed by atoms with Crippen LogP contribution < -0.4 is 9.47 Å². The Morgan fingerprint density at radius 2 is 1.69 bits per heavy atom. The lowest BCUT2D eigenvalue weighted by Crippen LogP contribution is -2.30. The zero-order chi connectivity index (χ0) is 18.4. The molecule has 3 rings (SSSR count). The van der Waals surface area contributed by atoms with Gasteiger partial charge in [0.15, 0.2) is 16.7 Å². The molecule has 0 fully saturated rings. The number of ether oxygens (including phenoxy) is 2. The summed E-state index contributed by atoms with van der Waals surface area (Å²) in [7, 11) is 3.27. The van der Waals surface area contributed by atoms with Crippen LogP contribution >= 0.6 is 11.8 Å². The second-order valence-electron chi connectivity index (χ2n) is 6.04. The first-order chi connectivity index (χ1) is 12.7. The van der Waals surface area contributed by atoms with Crippen LogP contribution in [0.4, 0.5) is 4.39 Å². The van der Waals surface area contributed by atoms with E-state index in [4.69, 9.17) is 14.5 Å². The molecule has 0 saturated heterocycles. The molecule has 1 aliphatic heterocycles. The number of benzene rings is 2. The van der Waals surface area contributed by atoms with Gasteiger partial charge in [-0.3, -0.25) is 4.99 Å². The molecule has 1 heterocycles. The molecule has 0 saturated carbocycles. The van der Waals surface area contributed by atoms with E-state index in [1.165, 1.54) is 12.1 Å². The summed E-state index contributed by atoms with van der Waals surface area (Å²) in [6.07, 6.45) is 1.11. The van der Waals surface area contributed by atoms with Crippen molar-refractivity contribution in [1.29, 1.82) is 0 Å². The highest BCUT2D eigenvalue weighted by atomic mass is 32.2. The Hall–Kier alpha value is -2.21. The van der Waals surface area contributed by atoms with Crippen molar-refractivity contribution in [3.63, 3.8) is 0 Å². The first-order valence-corrected chi connectivity index (χ1v) is 9.55. The van der Waals surface area contributed by atoms with Crippen molar-refractivity contribution in [3.05, 3.63) is 59.4 Å². The van der Waals surface area contributed by atoms with Gasteiger partial charge in [-0.2, -0.15) is 0 Å². The van der Waals surface area contributed by atoms with Crippen LogP contribution in [0.5, 0.6) is 11.5 Å². The summed E-state index contributed by atoms with van der Waals surface area (Å²) in [5, 5.41) is 1.04. The molecule has 138 valence electrons. The highest BCUT2D eigenvalue weighted by Gasteiger charge is 2.17. The van der Waals surface area contributed by atoms with Gasteiger partial charge in [-0.15, -0.1) is 0 Å². The molecule has 0 atom stereocenters. The highest BCUT2D eigenvalue weighted by Crippen LogP contribution is 2.29. The predicted molar refractivity (Wildman–Crippen MR) is 105 cm³/mol. The molecule has 2 aromatic carbocycles. The predicted octanol–water partition coefficient (Wildman–Crippen LogP) is 4.34. The van der Waals surface area contributed by atoms with E-state index in [2.05, 4.69) is 4.90 Å². The minimum Gasteiger partial charge on any atom is -0.493 e. The Labute approximate surface area is 158 Å². The number of thioether (sulfide) groups is 1. The van der Waals surface area contributed by atoms with E-state index in [0.717, 1.165) is 35.0 Å². The van der Waals surface area contributed by atoms with Gasteiger partial charge in [0.05, 0.1) is 14.2 Å². The largest absolute Gasteiger partial charge is 0.493 e. The molecular weight excluding hydrogens is 351 g/mol. The summed E-state index contributed by atoms with van der Waals surface area (Å²) >= 11 is 1.78. The zero-order valence-corrected chi connectivity index (χ0v) is 15.9. The van der Waals surface area contributed by atoms with E-state index in [1.54, 1.807) is 26.0 Å². The van der Waals surface area contributed by atoms with Crippen molar-refractivity contribution < 1.29 is 13.9 Å². The molecule has 0 radical (unpaired) electrons. The number of halogens is 1. The maximum atomic E-state index is 13.2. The van der Waals surface area contributed by atoms with E-state index in [1.807, 2.05) is 30.3 Å². The van der Waals surface area contributed by atoms with Crippen molar-refractivity contribution in [2.75, 3.05) is 26.5 Å². The van der Waals surface area contributed by atoms with Crippen LogP contribution in [0.1, 0.15) is 17.5 Å². The quantitative estimate of drug-likeness (QED) is 0.753. The molecule has 0 aliphatic carbocycles. The van der Waals surface area contributed by atoms with Crippen LogP contribution in [0, 0.1) is 5.82 Å². The number of hydrogen-bond donors (Lipinski definition) is 0. The third-order valence-corrected chi connectivity index (χ3v) is 5.30. The minimum absolute atomic E-state index is 0.218. The summed E-state index contributed by atoms with van der Waals surface area (Å²) in [4.78, 5) is 6.93. The number of rotatable bonds is 6. The lowest BCUT2D eigenvalue weighted by atomic mass is 10.1. The third kappa shape index (κ3) is 4.69. The highest BCUT2D eigenvalue weighted by molar-refractivity contribution is 8.13. The number of nitrogens with zero attached hydrogens (tertiary/aromatic N) is 2. The van der Waals surface area contributed by atoms with Gasteiger partial charge in [0.2, 0.25) is 0 Å². The van der Waals surface area contributed by atoms with E-state index >= 15 is 0 Å². The molecule has 0 N–H and O–H groups in total. The maximum Gasteiger partial charge on any atom is 0.161 e. The SMILES string of the molecule is COc1ccc(CN(Cc2ccc(F)cc2)C2=NCCCS2)cc1OC. The lowest BCUT2D eigenvalue weighted by Gasteiger charge is -2.28. The van der Waals surface area contributed by atoms with Gasteiger partial charge in [0.25, 0.3) is 0 Å². The van der Waals surface area contributed by atoms with Crippen molar-refractivity contribution in [2.45, 2.75) is 19.5 Å². The van der Waals surface area contributed by atoms with Crippen molar-refractivity contribution in [2.24, 2.45) is 4.99 Å². The van der Waals surface area contributed by atoms with Gasteiger partial charge in [-0.1, -0.05) is 30.0 Å². The first-order valence-electron chi connectivity index (χ1n) is 8.57. The van der Waals surface area contributed by atoms with Gasteiger partial charge in [-0.05, 0) is 41.8 Å². The smallest absolute Gasteiger partial charge is 0.161 e. The number of amidine groups is 1. The molecular formula is C20H23FN2O2S. The first kappa shape index (κ1) is 18.6. The van der Waals surface area contributed by atoms with Crippen LogP contribution in [-0.4, -0.2) is 36.6 Å². The topological polar surface area (TPSA) is 34.1 Å². The number of methoxy groups -OCH3 is 2. The molecule has 0 unspecified atom stereocenters. The maximum absolute atomic E-state index is 13.2. The van der Waals surface area contributed by atoms with Crippen molar-refractivity contribution in [1.82, 2.24) is 4.90 Å². The molecule has 0 amide bonds. The summed E-state index contributed by atoms with van der Waals surface area (Å²) in [6.45, 7) is 2.23. The molecule has 6 heteroatoms. The van der Waals surface area contributed by atoms with Crippen LogP contribution in [0.25, 0.3) is 0 Å². The third-order valence-electron chi connectivity index (χ3n) is 4.16. The van der Waals surface area contributed by atoms with E-state index in [0.29, 0.717) is 24.6 Å². The monoisotopic (exact) mass is 374 g/mol. The molecule has 4 nitrogen and oxygen atoms in total. The molecule has 1 aliphatic rings. The fourth-order valence-corrected chi connectivity index (χ4v) is 3.79. The van der Waals surface area contributed by atoms with E-state index < -0.39 is 0 Å². The van der Waals surface area contributed by atoms with Crippen LogP contribution in [-0.2, 0) is 13.1 Å². The zero-order valence-electron chi connectivity index (χ0n) is 15.1. The Bertz CT molecular complexity index is 765. The van der Waals surface area contributed by atoms with E-state index in [9.17, 15) is 4.39 Å². The summed E-state index contributed by atoms with van der Waals surface area (Å²) in [5.74, 6) is 2.28. The second kappa shape index (κ2) is 8.94. The summed E-state index contributed by atoms with van der Waals surface area (Å²) < 4.78 is 23.9. The van der Waals surface area contributed by atoms with Crippen LogP contribution in [0.2, 0.25) is 0 Å². The van der Waals surface area contributed by atoms with Crippen molar-refractivity contribution in [3.8, 4) is 11.5 Å². The molecule has 0 spiro atoms. The second-order valence-corrected chi connectivity index (χ2v) is 7.10. The Balaban J connectivity index is 1.83. The van der Waals surface area contributed by atoms with Gasteiger partial charge >= 0.3 is 0 Å². The molecule has 0 bridgehead atoms. The van der Waals surface area contributed by atoms with Gasteiger partial charge in [0.1, 0.15) is 5.82 Å². The average molecular weight is 374 g/mol. The van der Waals surface area contributed by atoms with Crippen LogP contribution in [0.3, 0.4) is 0 Å². The summed E-state index contributed by atoms with van der Waals surface area (Å²) in [5.41, 5.74) is 2.17. The number of hydrogen-bond acceptors (Lipinski definition) is 5. The van der Waals surface area contributed by atoms with Gasteiger partial charge in [0, 0.05) is 25.4 Å². The average Bonchev–Trinajstić information content (AvgIpc) is 2.69. The Morgan fingerprint density at radius 1 is 1.00 bits per heavy atom. The molecule has 2 aromatic rings. The Kier molecular flexibility index (Phi) is 6.39. The van der Waals surface area contributed by atoms with Crippen LogP contribution in [0.15, 0.2) is 47.5 Å². The minimum atomic E-state index is -0.218. The lowest BCUT2D eigenvalue weighted by molar-refractivity contribution is 0.352. The Morgan fingerprint density at radius 3 is 2.35 bits per heavy atom. The van der Waals surface area contributed by atoms with Gasteiger partial charge in [-0.25, -0.2) is 4.39 Å². The molecule has 0 aromatic heterocycles. The normalized spacial score (nSPS) is 13.9. The number of aliphatic imine (C=N–C) groups is 1. The fourth-order valence-electron chi connectivity index (χ4n) is 2.84. The summed E-state index contributed by atoms with van der Waals surface area (Å²) in [6, 6.07) is 12.6. The van der Waals surface area contributed by atoms with Gasteiger partial charge < -0.3 is 14.4 Å². The van der Waals surface area contributed by atoms with Crippen molar-refractivity contribution >= 4 is 16.9 Å². The van der Waals surface area contributed by atoms with E-state index in [-0.39, 0.29) is 5.82 Å². The molecule has 26 heavy (non-hydrogen) atoms. The fraction of sp³-hybridized carbons (Fsp3) is 0.350. The standard InChI is InChI=1S/C20H23FN2O2S/c1-24-18-9-6-16(12-19(18)25-2)14-23(20-22-10-3-11-26-20)13-15-4-7-17(21)8-5-15/h4-9,12H,3,10-11,13-14H2,1-2H3.